The van der Waals surface area contributed by atoms with Crippen LogP contribution >= 0.6 is 23.4 Å². The topological polar surface area (TPSA) is 61.8 Å². The molecule has 2 amide bonds. The highest BCUT2D eigenvalue weighted by atomic mass is 35.5. The highest BCUT2D eigenvalue weighted by molar-refractivity contribution is 8.15. The van der Waals surface area contributed by atoms with Crippen LogP contribution < -0.4 is 10.2 Å². The molecule has 2 aromatic carbocycles. The Morgan fingerprint density at radius 2 is 1.92 bits per heavy atom. The molecule has 0 unspecified atom stereocenters. The number of rotatable bonds is 3. The molecule has 26 heavy (non-hydrogen) atoms. The zero-order chi connectivity index (χ0) is 18.7. The number of nitrogens with zero attached hydrogens (tertiary/aromatic N) is 2. The minimum Gasteiger partial charge on any atom is -0.335 e. The van der Waals surface area contributed by atoms with E-state index in [4.69, 9.17) is 11.6 Å². The van der Waals surface area contributed by atoms with Crippen LogP contribution in [0.3, 0.4) is 0 Å². The number of imide groups is 1. The number of anilines is 2. The zero-order valence-corrected chi connectivity index (χ0v) is 15.4. The average Bonchev–Trinajstić information content (AvgIpc) is 2.90. The molecule has 5 nitrogen and oxygen atoms in total. The fourth-order valence-corrected chi connectivity index (χ4v) is 3.62. The summed E-state index contributed by atoms with van der Waals surface area (Å²) < 4.78 is 14.0. The van der Waals surface area contributed by atoms with Crippen molar-refractivity contribution in [3.8, 4) is 0 Å². The van der Waals surface area contributed by atoms with Crippen LogP contribution in [0, 0.1) is 5.82 Å². The molecule has 1 saturated heterocycles. The van der Waals surface area contributed by atoms with Gasteiger partial charge in [-0.15, -0.1) is 0 Å². The van der Waals surface area contributed by atoms with Gasteiger partial charge in [-0.2, -0.15) is 0 Å². The summed E-state index contributed by atoms with van der Waals surface area (Å²) >= 11 is 7.00. The summed E-state index contributed by atoms with van der Waals surface area (Å²) in [6, 6.07) is 12.7. The summed E-state index contributed by atoms with van der Waals surface area (Å²) in [6.07, 6.45) is -0.0147. The summed E-state index contributed by atoms with van der Waals surface area (Å²) in [5.74, 6) is -1.49. The fourth-order valence-electron chi connectivity index (χ4n) is 2.51. The molecular weight excluding hydrogens is 377 g/mol. The number of nitrogens with one attached hydrogen (secondary N) is 1. The van der Waals surface area contributed by atoms with Gasteiger partial charge in [-0.3, -0.25) is 14.6 Å². The predicted molar refractivity (Wildman–Crippen MR) is 103 cm³/mol. The molecule has 0 saturated carbocycles. The van der Waals surface area contributed by atoms with E-state index < -0.39 is 22.9 Å². The Labute approximate surface area is 159 Å². The molecule has 1 fully saturated rings. The summed E-state index contributed by atoms with van der Waals surface area (Å²) in [6.45, 7) is 0. The first-order valence-corrected chi connectivity index (χ1v) is 9.02. The summed E-state index contributed by atoms with van der Waals surface area (Å²) in [5.41, 5.74) is 0.733. The zero-order valence-electron chi connectivity index (χ0n) is 13.8. The number of benzene rings is 2. The van der Waals surface area contributed by atoms with Crippen molar-refractivity contribution in [3.05, 3.63) is 59.4 Å². The van der Waals surface area contributed by atoms with Crippen LogP contribution in [0.25, 0.3) is 0 Å². The number of carbonyl (C=O) groups is 2. The molecule has 1 heterocycles. The molecule has 134 valence electrons. The Bertz CT molecular complexity index is 873. The molecule has 0 bridgehead atoms. The van der Waals surface area contributed by atoms with Crippen molar-refractivity contribution in [2.24, 2.45) is 4.99 Å². The Morgan fingerprint density at radius 3 is 2.58 bits per heavy atom. The molecule has 1 N–H and O–H groups in total. The highest BCUT2D eigenvalue weighted by Gasteiger charge is 2.41. The first-order valence-electron chi connectivity index (χ1n) is 7.77. The van der Waals surface area contributed by atoms with E-state index in [1.807, 2.05) is 0 Å². The van der Waals surface area contributed by atoms with Crippen molar-refractivity contribution < 1.29 is 14.0 Å². The lowest BCUT2D eigenvalue weighted by atomic mass is 10.3. The van der Waals surface area contributed by atoms with Gasteiger partial charge < -0.3 is 5.32 Å². The van der Waals surface area contributed by atoms with E-state index in [1.54, 1.807) is 37.4 Å². The minimum atomic E-state index is -0.666. The largest absolute Gasteiger partial charge is 0.335 e. The molecule has 3 rings (SSSR count). The lowest BCUT2D eigenvalue weighted by molar-refractivity contribution is -0.121. The number of hydrogen-bond donors (Lipinski definition) is 1. The maximum Gasteiger partial charge on any atom is 0.247 e. The highest BCUT2D eigenvalue weighted by Crippen LogP contribution is 2.32. The van der Waals surface area contributed by atoms with Crippen LogP contribution in [0.15, 0.2) is 53.5 Å². The van der Waals surface area contributed by atoms with Crippen molar-refractivity contribution in [1.29, 1.82) is 0 Å². The SMILES string of the molecule is CN=C(Nc1ccc(Cl)cc1)S[C@@H]1CC(=O)N(c2ccccc2F)C1=O. The molecule has 2 aromatic rings. The van der Waals surface area contributed by atoms with Gasteiger partial charge in [-0.25, -0.2) is 9.29 Å². The van der Waals surface area contributed by atoms with Gasteiger partial charge in [0.1, 0.15) is 11.1 Å². The van der Waals surface area contributed by atoms with Gasteiger partial charge in [-0.1, -0.05) is 35.5 Å². The van der Waals surface area contributed by atoms with E-state index in [0.717, 1.165) is 22.3 Å². The average molecular weight is 392 g/mol. The molecule has 1 aliphatic heterocycles. The van der Waals surface area contributed by atoms with Crippen LogP contribution in [-0.4, -0.2) is 29.3 Å². The van der Waals surface area contributed by atoms with Crippen molar-refractivity contribution in [1.82, 2.24) is 0 Å². The molecule has 8 heteroatoms. The van der Waals surface area contributed by atoms with Crippen molar-refractivity contribution in [3.63, 3.8) is 0 Å². The number of thioether (sulfide) groups is 1. The summed E-state index contributed by atoms with van der Waals surface area (Å²) in [5, 5.41) is 3.50. The molecule has 1 aliphatic rings. The van der Waals surface area contributed by atoms with Gasteiger partial charge in [0.2, 0.25) is 11.8 Å². The molecule has 0 aromatic heterocycles. The number of amidine groups is 1. The smallest absolute Gasteiger partial charge is 0.247 e. The Balaban J connectivity index is 1.73. The monoisotopic (exact) mass is 391 g/mol. The summed E-state index contributed by atoms with van der Waals surface area (Å²) in [4.78, 5) is 29.9. The Hall–Kier alpha value is -2.38. The second kappa shape index (κ2) is 7.88. The van der Waals surface area contributed by atoms with Gasteiger partial charge in [0.25, 0.3) is 0 Å². The maximum atomic E-state index is 14.0. The van der Waals surface area contributed by atoms with Gasteiger partial charge in [0.05, 0.1) is 5.69 Å². The van der Waals surface area contributed by atoms with Crippen LogP contribution in [-0.2, 0) is 9.59 Å². The number of hydrogen-bond acceptors (Lipinski definition) is 4. The second-order valence-electron chi connectivity index (χ2n) is 5.49. The third-order valence-corrected chi connectivity index (χ3v) is 5.16. The third kappa shape index (κ3) is 3.89. The number of halogens is 2. The van der Waals surface area contributed by atoms with E-state index in [0.29, 0.717) is 10.2 Å². The standard InChI is InChI=1S/C18H15ClFN3O2S/c1-21-18(22-12-8-6-11(19)7-9-12)26-15-10-16(24)23(17(15)25)14-5-3-2-4-13(14)20/h2-9,15H,10H2,1H3,(H,21,22)/t15-/m1/s1. The van der Waals surface area contributed by atoms with E-state index >= 15 is 0 Å². The first-order chi connectivity index (χ1) is 12.5. The number of aliphatic imine (C=N–C) groups is 1. The molecule has 1 atom stereocenters. The van der Waals surface area contributed by atoms with Crippen LogP contribution in [0.2, 0.25) is 5.02 Å². The molecule has 0 spiro atoms. The van der Waals surface area contributed by atoms with E-state index in [2.05, 4.69) is 10.3 Å². The maximum absolute atomic E-state index is 14.0. The summed E-state index contributed by atoms with van der Waals surface area (Å²) in [7, 11) is 1.58. The van der Waals surface area contributed by atoms with Crippen molar-refractivity contribution in [2.75, 3.05) is 17.3 Å². The van der Waals surface area contributed by atoms with Gasteiger partial charge in [0, 0.05) is 24.2 Å². The van der Waals surface area contributed by atoms with Crippen LogP contribution in [0.4, 0.5) is 15.8 Å². The van der Waals surface area contributed by atoms with Gasteiger partial charge in [-0.05, 0) is 36.4 Å². The van der Waals surface area contributed by atoms with Crippen molar-refractivity contribution in [2.45, 2.75) is 11.7 Å². The van der Waals surface area contributed by atoms with Crippen molar-refractivity contribution >= 4 is 51.7 Å². The van der Waals surface area contributed by atoms with E-state index in [9.17, 15) is 14.0 Å². The van der Waals surface area contributed by atoms with Crippen LogP contribution in [0.5, 0.6) is 0 Å². The molecule has 0 aliphatic carbocycles. The first kappa shape index (κ1) is 18.4. The van der Waals surface area contributed by atoms with E-state index in [-0.39, 0.29) is 12.1 Å². The van der Waals surface area contributed by atoms with Gasteiger partial charge >= 0.3 is 0 Å². The van der Waals surface area contributed by atoms with Crippen LogP contribution in [0.1, 0.15) is 6.42 Å². The number of carbonyl (C=O) groups excluding carboxylic acids is 2. The fraction of sp³-hybridized carbons (Fsp3) is 0.167. The normalized spacial score (nSPS) is 17.7. The minimum absolute atomic E-state index is 0.0147. The number of para-hydroxylation sites is 1. The third-order valence-electron chi connectivity index (χ3n) is 3.75. The molecule has 0 radical (unpaired) electrons. The lowest BCUT2D eigenvalue weighted by Gasteiger charge is -2.16. The Morgan fingerprint density at radius 1 is 1.23 bits per heavy atom. The predicted octanol–water partition coefficient (Wildman–Crippen LogP) is 3.94. The number of amides is 2. The Kier molecular flexibility index (Phi) is 5.58. The van der Waals surface area contributed by atoms with Gasteiger partial charge in [0.15, 0.2) is 5.17 Å². The quantitative estimate of drug-likeness (QED) is 0.489. The lowest BCUT2D eigenvalue weighted by Crippen LogP contribution is -2.32. The molecular formula is C18H15ClFN3O2S. The second-order valence-corrected chi connectivity index (χ2v) is 7.12. The van der Waals surface area contributed by atoms with E-state index in [1.165, 1.54) is 18.2 Å².